The van der Waals surface area contributed by atoms with E-state index >= 15 is 0 Å². The lowest BCUT2D eigenvalue weighted by atomic mass is 10.2. The molecule has 0 aromatic carbocycles. The molecule has 0 spiro atoms. The molecule has 0 aliphatic carbocycles. The summed E-state index contributed by atoms with van der Waals surface area (Å²) in [5.41, 5.74) is 2.67. The zero-order chi connectivity index (χ0) is 13.8. The summed E-state index contributed by atoms with van der Waals surface area (Å²) < 4.78 is 10.2. The van der Waals surface area contributed by atoms with Gasteiger partial charge in [-0.15, -0.1) is 0 Å². The van der Waals surface area contributed by atoms with Crippen LogP contribution in [0, 0.1) is 5.92 Å². The number of methoxy groups -OCH3 is 2. The Bertz CT molecular complexity index is 222. The number of hydrazine groups is 1. The Hall–Kier alpha value is -0.850. The van der Waals surface area contributed by atoms with Crippen LogP contribution in [0.1, 0.15) is 20.3 Å². The second kappa shape index (κ2) is 11.3. The van der Waals surface area contributed by atoms with Gasteiger partial charge in [-0.1, -0.05) is 13.8 Å². The van der Waals surface area contributed by atoms with E-state index in [0.717, 1.165) is 38.6 Å². The summed E-state index contributed by atoms with van der Waals surface area (Å²) in [7, 11) is 3.39. The maximum Gasteiger partial charge on any atom is 0.208 e. The van der Waals surface area contributed by atoms with Crippen molar-refractivity contribution in [1.82, 2.24) is 10.3 Å². The van der Waals surface area contributed by atoms with Gasteiger partial charge in [0.15, 0.2) is 0 Å². The molecule has 0 bridgehead atoms. The third-order valence-electron chi connectivity index (χ3n) is 2.38. The van der Waals surface area contributed by atoms with Crippen molar-refractivity contribution in [3.63, 3.8) is 0 Å². The molecule has 0 radical (unpaired) electrons. The molecular weight excluding hydrogens is 232 g/mol. The van der Waals surface area contributed by atoms with Gasteiger partial charge in [-0.25, -0.2) is 5.84 Å². The van der Waals surface area contributed by atoms with Gasteiger partial charge >= 0.3 is 0 Å². The fraction of sp³-hybridized carbons (Fsp3) is 0.917. The van der Waals surface area contributed by atoms with E-state index in [-0.39, 0.29) is 0 Å². The highest BCUT2D eigenvalue weighted by atomic mass is 16.5. The quantitative estimate of drug-likeness (QED) is 0.207. The van der Waals surface area contributed by atoms with Crippen LogP contribution in [-0.4, -0.2) is 57.9 Å². The second-order valence-corrected chi connectivity index (χ2v) is 4.53. The average Bonchev–Trinajstić information content (AvgIpc) is 2.35. The molecule has 6 nitrogen and oxygen atoms in total. The van der Waals surface area contributed by atoms with Gasteiger partial charge in [0, 0.05) is 40.5 Å². The van der Waals surface area contributed by atoms with Crippen molar-refractivity contribution >= 4 is 5.96 Å². The zero-order valence-electron chi connectivity index (χ0n) is 12.1. The van der Waals surface area contributed by atoms with Crippen molar-refractivity contribution < 1.29 is 9.47 Å². The monoisotopic (exact) mass is 260 g/mol. The Balaban J connectivity index is 4.40. The molecule has 0 rings (SSSR count). The number of ether oxygens (including phenoxy) is 2. The van der Waals surface area contributed by atoms with E-state index in [9.17, 15) is 0 Å². The summed E-state index contributed by atoms with van der Waals surface area (Å²) in [6.45, 7) is 8.00. The summed E-state index contributed by atoms with van der Waals surface area (Å²) in [5, 5.41) is 0. The van der Waals surface area contributed by atoms with Crippen molar-refractivity contribution in [3.05, 3.63) is 0 Å². The van der Waals surface area contributed by atoms with Crippen LogP contribution >= 0.6 is 0 Å². The molecule has 108 valence electrons. The van der Waals surface area contributed by atoms with Crippen LogP contribution in [0.4, 0.5) is 0 Å². The Morgan fingerprint density at radius 3 is 2.39 bits per heavy atom. The molecule has 0 aliphatic rings. The zero-order valence-corrected chi connectivity index (χ0v) is 12.1. The van der Waals surface area contributed by atoms with Crippen LogP contribution < -0.4 is 11.3 Å². The number of guanidine groups is 1. The summed E-state index contributed by atoms with van der Waals surface area (Å²) >= 11 is 0. The van der Waals surface area contributed by atoms with Gasteiger partial charge in [0.05, 0.1) is 6.61 Å². The number of hydrogen-bond donors (Lipinski definition) is 2. The maximum absolute atomic E-state index is 5.54. The van der Waals surface area contributed by atoms with E-state index < -0.39 is 0 Å². The lowest BCUT2D eigenvalue weighted by Gasteiger charge is -2.25. The summed E-state index contributed by atoms with van der Waals surface area (Å²) in [6.07, 6.45) is 0.933. The average molecular weight is 260 g/mol. The predicted octanol–water partition coefficient (Wildman–Crippen LogP) is 0.447. The highest BCUT2D eigenvalue weighted by Crippen LogP contribution is 1.97. The Morgan fingerprint density at radius 1 is 1.22 bits per heavy atom. The molecule has 0 saturated heterocycles. The van der Waals surface area contributed by atoms with E-state index in [1.165, 1.54) is 0 Å². The maximum atomic E-state index is 5.54. The normalized spacial score (nSPS) is 12.0. The van der Waals surface area contributed by atoms with E-state index in [2.05, 4.69) is 29.2 Å². The Labute approximate surface area is 110 Å². The van der Waals surface area contributed by atoms with Crippen molar-refractivity contribution in [2.45, 2.75) is 20.3 Å². The third kappa shape index (κ3) is 8.27. The van der Waals surface area contributed by atoms with E-state index in [4.69, 9.17) is 15.3 Å². The van der Waals surface area contributed by atoms with Crippen molar-refractivity contribution in [3.8, 4) is 0 Å². The summed E-state index contributed by atoms with van der Waals surface area (Å²) in [6, 6.07) is 0. The van der Waals surface area contributed by atoms with Gasteiger partial charge in [0.25, 0.3) is 0 Å². The molecule has 3 N–H and O–H groups in total. The van der Waals surface area contributed by atoms with Crippen LogP contribution in [0.2, 0.25) is 0 Å². The first kappa shape index (κ1) is 17.2. The van der Waals surface area contributed by atoms with Gasteiger partial charge in [-0.05, 0) is 12.3 Å². The standard InChI is InChI=1S/C12H28N4O2/c1-11(2)10-14-12(15-13)16(7-9-18-4)6-5-8-17-3/h11H,5-10,13H2,1-4H3,(H,14,15). The molecule has 0 fully saturated rings. The van der Waals surface area contributed by atoms with E-state index in [0.29, 0.717) is 12.5 Å². The lowest BCUT2D eigenvalue weighted by Crippen LogP contribution is -2.47. The SMILES string of the molecule is COCCCN(CCOC)C(=NCC(C)C)NN. The first-order valence-corrected chi connectivity index (χ1v) is 6.39. The molecule has 0 heterocycles. The summed E-state index contributed by atoms with van der Waals surface area (Å²) in [5.74, 6) is 6.77. The molecule has 0 aliphatic heterocycles. The molecule has 0 aromatic rings. The topological polar surface area (TPSA) is 72.1 Å². The minimum atomic E-state index is 0.511. The molecule has 0 atom stereocenters. The number of nitrogens with zero attached hydrogens (tertiary/aromatic N) is 2. The molecule has 0 amide bonds. The van der Waals surface area contributed by atoms with Gasteiger partial charge in [-0.3, -0.25) is 10.4 Å². The number of hydrogen-bond acceptors (Lipinski definition) is 4. The summed E-state index contributed by atoms with van der Waals surface area (Å²) in [4.78, 5) is 6.57. The van der Waals surface area contributed by atoms with Gasteiger partial charge in [0.2, 0.25) is 5.96 Å². The minimum Gasteiger partial charge on any atom is -0.385 e. The van der Waals surface area contributed by atoms with Crippen LogP contribution in [0.5, 0.6) is 0 Å². The van der Waals surface area contributed by atoms with E-state index in [1.54, 1.807) is 14.2 Å². The first-order chi connectivity index (χ1) is 8.65. The second-order valence-electron chi connectivity index (χ2n) is 4.53. The smallest absolute Gasteiger partial charge is 0.208 e. The minimum absolute atomic E-state index is 0.511. The fourth-order valence-electron chi connectivity index (χ4n) is 1.43. The highest BCUT2D eigenvalue weighted by Gasteiger charge is 2.09. The van der Waals surface area contributed by atoms with Gasteiger partial charge < -0.3 is 14.4 Å². The van der Waals surface area contributed by atoms with Crippen molar-refractivity contribution in [2.24, 2.45) is 16.8 Å². The molecule has 0 aromatic heterocycles. The predicted molar refractivity (Wildman–Crippen MR) is 74.4 cm³/mol. The number of aliphatic imine (C=N–C) groups is 1. The highest BCUT2D eigenvalue weighted by molar-refractivity contribution is 5.79. The Morgan fingerprint density at radius 2 is 1.89 bits per heavy atom. The third-order valence-corrected chi connectivity index (χ3v) is 2.38. The molecule has 6 heteroatoms. The fourth-order valence-corrected chi connectivity index (χ4v) is 1.43. The van der Waals surface area contributed by atoms with Crippen LogP contribution in [0.3, 0.4) is 0 Å². The van der Waals surface area contributed by atoms with Crippen LogP contribution in [0.25, 0.3) is 0 Å². The number of nitrogens with one attached hydrogen (secondary N) is 1. The Kier molecular flexibility index (Phi) is 10.7. The van der Waals surface area contributed by atoms with E-state index in [1.807, 2.05) is 0 Å². The molecular formula is C12H28N4O2. The number of rotatable bonds is 9. The first-order valence-electron chi connectivity index (χ1n) is 6.39. The van der Waals surface area contributed by atoms with Crippen LogP contribution in [-0.2, 0) is 9.47 Å². The number of nitrogens with two attached hydrogens (primary N) is 1. The molecule has 18 heavy (non-hydrogen) atoms. The molecule has 0 unspecified atom stereocenters. The largest absolute Gasteiger partial charge is 0.385 e. The van der Waals surface area contributed by atoms with Gasteiger partial charge in [-0.2, -0.15) is 0 Å². The van der Waals surface area contributed by atoms with Crippen LogP contribution in [0.15, 0.2) is 4.99 Å². The lowest BCUT2D eigenvalue weighted by molar-refractivity contribution is 0.159. The van der Waals surface area contributed by atoms with Gasteiger partial charge in [0.1, 0.15) is 0 Å². The van der Waals surface area contributed by atoms with Crippen molar-refractivity contribution in [1.29, 1.82) is 0 Å². The van der Waals surface area contributed by atoms with Crippen molar-refractivity contribution in [2.75, 3.05) is 47.1 Å². The molecule has 0 saturated carbocycles.